The van der Waals surface area contributed by atoms with Gasteiger partial charge in [0.25, 0.3) is 5.91 Å². The third-order valence-corrected chi connectivity index (χ3v) is 5.33. The summed E-state index contributed by atoms with van der Waals surface area (Å²) < 4.78 is 10.9. The number of amides is 2. The predicted molar refractivity (Wildman–Crippen MR) is 97.5 cm³/mol. The lowest BCUT2D eigenvalue weighted by molar-refractivity contribution is -0.128. The summed E-state index contributed by atoms with van der Waals surface area (Å²) in [6.07, 6.45) is 3.02. The number of halogens is 1. The molecule has 0 spiro atoms. The van der Waals surface area contributed by atoms with Crippen molar-refractivity contribution in [1.29, 1.82) is 0 Å². The number of hydrogen-bond donors (Lipinski definition) is 1. The third kappa shape index (κ3) is 3.57. The van der Waals surface area contributed by atoms with Gasteiger partial charge in [0.15, 0.2) is 11.6 Å². The van der Waals surface area contributed by atoms with E-state index in [-0.39, 0.29) is 23.4 Å². The molecule has 2 fully saturated rings. The number of oxazole rings is 1. The minimum absolute atomic E-state index is 0.157. The van der Waals surface area contributed by atoms with Gasteiger partial charge in [-0.1, -0.05) is 29.8 Å². The molecule has 0 aliphatic carbocycles. The molecule has 8 heteroatoms. The lowest BCUT2D eigenvalue weighted by atomic mass is 10.0. The molecule has 2 aliphatic rings. The van der Waals surface area contributed by atoms with Crippen molar-refractivity contribution >= 4 is 23.4 Å². The molecule has 27 heavy (non-hydrogen) atoms. The Morgan fingerprint density at radius 2 is 2.04 bits per heavy atom. The molecule has 2 aromatic rings. The van der Waals surface area contributed by atoms with Crippen LogP contribution in [0.2, 0.25) is 5.02 Å². The first-order valence-electron chi connectivity index (χ1n) is 9.01. The van der Waals surface area contributed by atoms with Crippen LogP contribution >= 0.6 is 11.6 Å². The summed E-state index contributed by atoms with van der Waals surface area (Å²) in [5.74, 6) is 0.120. The van der Waals surface area contributed by atoms with Gasteiger partial charge in [-0.25, -0.2) is 4.98 Å². The van der Waals surface area contributed by atoms with Crippen LogP contribution in [-0.2, 0) is 9.53 Å². The Morgan fingerprint density at radius 3 is 2.81 bits per heavy atom. The molecule has 0 radical (unpaired) electrons. The minimum Gasteiger partial charge on any atom is -0.448 e. The lowest BCUT2D eigenvalue weighted by Crippen LogP contribution is -2.52. The largest absolute Gasteiger partial charge is 0.448 e. The van der Waals surface area contributed by atoms with Gasteiger partial charge in [-0.05, 0) is 18.9 Å². The van der Waals surface area contributed by atoms with E-state index in [0.717, 1.165) is 12.8 Å². The molecule has 4 rings (SSSR count). The molecule has 7 nitrogen and oxygen atoms in total. The van der Waals surface area contributed by atoms with Gasteiger partial charge in [0.2, 0.25) is 5.91 Å². The van der Waals surface area contributed by atoms with Crippen LogP contribution in [0.1, 0.15) is 46.7 Å². The number of ether oxygens (including phenoxy) is 1. The Balaban J connectivity index is 1.60. The van der Waals surface area contributed by atoms with Gasteiger partial charge in [-0.15, -0.1) is 0 Å². The number of benzene rings is 1. The number of rotatable bonds is 3. The summed E-state index contributed by atoms with van der Waals surface area (Å²) >= 11 is 6.28. The van der Waals surface area contributed by atoms with Gasteiger partial charge < -0.3 is 19.4 Å². The van der Waals surface area contributed by atoms with E-state index in [1.807, 2.05) is 0 Å². The fourth-order valence-corrected chi connectivity index (χ4v) is 3.80. The normalized spacial score (nSPS) is 21.1. The molecule has 1 aromatic carbocycles. The Bertz CT molecular complexity index is 847. The van der Waals surface area contributed by atoms with Gasteiger partial charge in [-0.3, -0.25) is 9.59 Å². The van der Waals surface area contributed by atoms with Crippen molar-refractivity contribution < 1.29 is 18.7 Å². The van der Waals surface area contributed by atoms with Crippen molar-refractivity contribution in [1.82, 2.24) is 15.2 Å². The third-order valence-electron chi connectivity index (χ3n) is 4.98. The maximum atomic E-state index is 13.1. The van der Waals surface area contributed by atoms with Crippen molar-refractivity contribution in [3.8, 4) is 0 Å². The molecule has 142 valence electrons. The number of nitrogens with one attached hydrogen (secondary N) is 1. The average Bonchev–Trinajstić information content (AvgIpc) is 3.19. The summed E-state index contributed by atoms with van der Waals surface area (Å²) in [5.41, 5.74) is 0.807. The molecule has 3 heterocycles. The number of piperazine rings is 1. The highest BCUT2D eigenvalue weighted by atomic mass is 35.5. The first-order chi connectivity index (χ1) is 13.1. The van der Waals surface area contributed by atoms with E-state index >= 15 is 0 Å². The van der Waals surface area contributed by atoms with E-state index in [1.54, 1.807) is 24.3 Å². The molecular formula is C19H20ClN3O4. The topological polar surface area (TPSA) is 84.7 Å². The molecule has 0 saturated carbocycles. The van der Waals surface area contributed by atoms with Crippen molar-refractivity contribution in [2.75, 3.05) is 26.3 Å². The van der Waals surface area contributed by atoms with Crippen LogP contribution in [0.5, 0.6) is 0 Å². The number of nitrogens with zero attached hydrogens (tertiary/aromatic N) is 2. The number of carbonyl (C=O) groups excluding carboxylic acids is 2. The molecule has 0 unspecified atom stereocenters. The molecule has 2 aliphatic heterocycles. The quantitative estimate of drug-likeness (QED) is 0.871. The van der Waals surface area contributed by atoms with Gasteiger partial charge in [0.1, 0.15) is 12.3 Å². The van der Waals surface area contributed by atoms with Crippen molar-refractivity contribution in [3.63, 3.8) is 0 Å². The van der Waals surface area contributed by atoms with E-state index < -0.39 is 6.04 Å². The van der Waals surface area contributed by atoms with Crippen LogP contribution in [0.15, 0.2) is 34.9 Å². The van der Waals surface area contributed by atoms with Gasteiger partial charge in [0, 0.05) is 42.8 Å². The number of carbonyl (C=O) groups is 2. The lowest BCUT2D eigenvalue weighted by Gasteiger charge is -2.35. The Hall–Kier alpha value is -2.38. The maximum absolute atomic E-state index is 13.1. The molecule has 2 saturated heterocycles. The van der Waals surface area contributed by atoms with Crippen molar-refractivity contribution in [3.05, 3.63) is 52.7 Å². The summed E-state index contributed by atoms with van der Waals surface area (Å²) in [7, 11) is 0. The summed E-state index contributed by atoms with van der Waals surface area (Å²) in [4.78, 5) is 31.5. The molecule has 1 N–H and O–H groups in total. The minimum atomic E-state index is -0.789. The maximum Gasteiger partial charge on any atom is 0.276 e. The smallest absolute Gasteiger partial charge is 0.276 e. The monoisotopic (exact) mass is 389 g/mol. The van der Waals surface area contributed by atoms with Gasteiger partial charge in [-0.2, -0.15) is 0 Å². The van der Waals surface area contributed by atoms with Crippen LogP contribution in [0, 0.1) is 0 Å². The van der Waals surface area contributed by atoms with Crippen LogP contribution in [0.25, 0.3) is 0 Å². The van der Waals surface area contributed by atoms with E-state index in [1.165, 1.54) is 11.2 Å². The van der Waals surface area contributed by atoms with Gasteiger partial charge >= 0.3 is 0 Å². The first kappa shape index (κ1) is 18.0. The summed E-state index contributed by atoms with van der Waals surface area (Å²) in [6.45, 7) is 2.09. The van der Waals surface area contributed by atoms with Crippen LogP contribution < -0.4 is 5.32 Å². The zero-order chi connectivity index (χ0) is 18.8. The van der Waals surface area contributed by atoms with Crippen LogP contribution in [0.3, 0.4) is 0 Å². The zero-order valence-electron chi connectivity index (χ0n) is 14.7. The Labute approximate surface area is 161 Å². The fourth-order valence-electron chi connectivity index (χ4n) is 3.56. The number of hydrogen-bond acceptors (Lipinski definition) is 5. The highest BCUT2D eigenvalue weighted by Gasteiger charge is 2.37. The Kier molecular flexibility index (Phi) is 5.13. The molecule has 1 aromatic heterocycles. The Morgan fingerprint density at radius 1 is 1.26 bits per heavy atom. The van der Waals surface area contributed by atoms with E-state index in [4.69, 9.17) is 20.8 Å². The average molecular weight is 390 g/mol. The van der Waals surface area contributed by atoms with Gasteiger partial charge in [0.05, 0.1) is 0 Å². The van der Waals surface area contributed by atoms with Crippen LogP contribution in [0.4, 0.5) is 0 Å². The summed E-state index contributed by atoms with van der Waals surface area (Å²) in [5, 5.41) is 3.25. The number of aromatic nitrogens is 1. The zero-order valence-corrected chi connectivity index (χ0v) is 15.4. The second kappa shape index (κ2) is 7.70. The predicted octanol–water partition coefficient (Wildman–Crippen LogP) is 2.54. The molecular weight excluding hydrogens is 370 g/mol. The first-order valence-corrected chi connectivity index (χ1v) is 9.39. The van der Waals surface area contributed by atoms with E-state index in [2.05, 4.69) is 10.3 Å². The van der Waals surface area contributed by atoms with E-state index in [0.29, 0.717) is 42.8 Å². The van der Waals surface area contributed by atoms with Crippen molar-refractivity contribution in [2.45, 2.75) is 24.8 Å². The molecule has 0 bridgehead atoms. The van der Waals surface area contributed by atoms with Crippen molar-refractivity contribution in [2.24, 2.45) is 0 Å². The molecule has 2 amide bonds. The van der Waals surface area contributed by atoms with E-state index in [9.17, 15) is 9.59 Å². The highest BCUT2D eigenvalue weighted by Crippen LogP contribution is 2.31. The SMILES string of the molecule is O=C1NCCN(C(=O)c2coc(C3CCOCC3)n2)[C@@H]1c1ccccc1Cl. The second-order valence-corrected chi connectivity index (χ2v) is 7.08. The standard InChI is InChI=1S/C19H20ClN3O4/c20-14-4-2-1-3-13(14)16-17(24)21-7-8-23(16)19(25)15-11-27-18(22-15)12-5-9-26-10-6-12/h1-4,11-12,16H,5-10H2,(H,21,24)/t16-/m1/s1. The second-order valence-electron chi connectivity index (χ2n) is 6.67. The fraction of sp³-hybridized carbons (Fsp3) is 0.421. The molecule has 1 atom stereocenters. The highest BCUT2D eigenvalue weighted by molar-refractivity contribution is 6.31. The van der Waals surface area contributed by atoms with Crippen LogP contribution in [-0.4, -0.2) is 48.0 Å². The summed E-state index contributed by atoms with van der Waals surface area (Å²) in [6, 6.07) is 6.26.